The van der Waals surface area contributed by atoms with E-state index in [2.05, 4.69) is 4.99 Å². The number of benzene rings is 2. The summed E-state index contributed by atoms with van der Waals surface area (Å²) in [6, 6.07) is 8.32. The SMILES string of the molecule is COc1ccc(OC)c2c1sc(=NC(=O)c1ccc(Cl)cc1Cl)n2C. The summed E-state index contributed by atoms with van der Waals surface area (Å²) in [7, 11) is 5.00. The number of ether oxygens (including phenoxy) is 2. The Balaban J connectivity index is 2.20. The summed E-state index contributed by atoms with van der Waals surface area (Å²) in [5, 5.41) is 0.726. The van der Waals surface area contributed by atoms with Crippen LogP contribution in [0.15, 0.2) is 35.3 Å². The standard InChI is InChI=1S/C17H14Cl2N2O3S/c1-21-14-12(23-2)6-7-13(24-3)15(14)25-17(21)20-16(22)10-5-4-9(18)8-11(10)19/h4-8H,1-3H3. The van der Waals surface area contributed by atoms with E-state index in [9.17, 15) is 4.79 Å². The average molecular weight is 397 g/mol. The second-order valence-corrected chi connectivity index (χ2v) is 6.95. The number of carbonyl (C=O) groups excluding carboxylic acids is 1. The largest absolute Gasteiger partial charge is 0.495 e. The molecule has 0 aliphatic carbocycles. The lowest BCUT2D eigenvalue weighted by Gasteiger charge is -2.06. The molecule has 0 atom stereocenters. The van der Waals surface area contributed by atoms with Gasteiger partial charge < -0.3 is 14.0 Å². The van der Waals surface area contributed by atoms with Gasteiger partial charge in [-0.25, -0.2) is 0 Å². The molecule has 0 radical (unpaired) electrons. The van der Waals surface area contributed by atoms with Crippen LogP contribution in [-0.4, -0.2) is 24.7 Å². The Morgan fingerprint density at radius 3 is 2.44 bits per heavy atom. The van der Waals surface area contributed by atoms with Gasteiger partial charge in [-0.3, -0.25) is 4.79 Å². The molecular weight excluding hydrogens is 383 g/mol. The number of thiazole rings is 1. The van der Waals surface area contributed by atoms with Crippen LogP contribution in [0.1, 0.15) is 10.4 Å². The van der Waals surface area contributed by atoms with E-state index in [4.69, 9.17) is 32.7 Å². The fourth-order valence-corrected chi connectivity index (χ4v) is 4.05. The molecule has 3 aromatic rings. The molecule has 0 aliphatic heterocycles. The molecule has 0 saturated heterocycles. The molecule has 2 aromatic carbocycles. The molecule has 0 N–H and O–H groups in total. The Hall–Kier alpha value is -2.02. The number of hydrogen-bond donors (Lipinski definition) is 0. The zero-order chi connectivity index (χ0) is 18.1. The first-order valence-electron chi connectivity index (χ1n) is 7.21. The van der Waals surface area contributed by atoms with Gasteiger partial charge in [0, 0.05) is 12.1 Å². The van der Waals surface area contributed by atoms with Gasteiger partial charge in [-0.1, -0.05) is 34.5 Å². The quantitative estimate of drug-likeness (QED) is 0.662. The highest BCUT2D eigenvalue weighted by molar-refractivity contribution is 7.16. The van der Waals surface area contributed by atoms with Gasteiger partial charge in [0.2, 0.25) is 0 Å². The van der Waals surface area contributed by atoms with Crippen LogP contribution in [0.5, 0.6) is 11.5 Å². The van der Waals surface area contributed by atoms with Crippen LogP contribution in [0.25, 0.3) is 10.2 Å². The zero-order valence-corrected chi connectivity index (χ0v) is 16.0. The van der Waals surface area contributed by atoms with Crippen molar-refractivity contribution in [2.45, 2.75) is 0 Å². The summed E-state index contributed by atoms with van der Waals surface area (Å²) in [5.74, 6) is 0.921. The van der Waals surface area contributed by atoms with Gasteiger partial charge in [-0.15, -0.1) is 0 Å². The van der Waals surface area contributed by atoms with Gasteiger partial charge in [-0.05, 0) is 30.3 Å². The minimum absolute atomic E-state index is 0.264. The van der Waals surface area contributed by atoms with Crippen molar-refractivity contribution in [3.8, 4) is 11.5 Å². The van der Waals surface area contributed by atoms with E-state index in [0.29, 0.717) is 26.9 Å². The number of hydrogen-bond acceptors (Lipinski definition) is 4. The third-order valence-electron chi connectivity index (χ3n) is 3.67. The number of rotatable bonds is 3. The van der Waals surface area contributed by atoms with Gasteiger partial charge in [-0.2, -0.15) is 4.99 Å². The third kappa shape index (κ3) is 3.25. The van der Waals surface area contributed by atoms with E-state index < -0.39 is 5.91 Å². The Labute approximate surface area is 158 Å². The first-order chi connectivity index (χ1) is 12.0. The molecule has 0 aliphatic rings. The lowest BCUT2D eigenvalue weighted by Crippen LogP contribution is -2.13. The lowest BCUT2D eigenvalue weighted by atomic mass is 10.2. The number of fused-ring (bicyclic) bond motifs is 1. The highest BCUT2D eigenvalue weighted by Crippen LogP contribution is 2.34. The van der Waals surface area contributed by atoms with Crippen LogP contribution >= 0.6 is 34.5 Å². The fourth-order valence-electron chi connectivity index (χ4n) is 2.44. The lowest BCUT2D eigenvalue weighted by molar-refractivity contribution is 0.0998. The molecule has 1 amide bonds. The van der Waals surface area contributed by atoms with Crippen molar-refractivity contribution < 1.29 is 14.3 Å². The predicted molar refractivity (Wildman–Crippen MR) is 100 cm³/mol. The number of aryl methyl sites for hydroxylation is 1. The van der Waals surface area contributed by atoms with Gasteiger partial charge in [0.1, 0.15) is 21.7 Å². The van der Waals surface area contributed by atoms with Crippen LogP contribution in [0.2, 0.25) is 10.0 Å². The van der Waals surface area contributed by atoms with E-state index in [-0.39, 0.29) is 5.02 Å². The molecule has 25 heavy (non-hydrogen) atoms. The molecular formula is C17H14Cl2N2O3S. The Kier molecular flexibility index (Phi) is 5.03. The molecule has 0 fully saturated rings. The molecule has 8 heteroatoms. The van der Waals surface area contributed by atoms with Crippen LogP contribution < -0.4 is 14.3 Å². The van der Waals surface area contributed by atoms with Crippen molar-refractivity contribution in [2.24, 2.45) is 12.0 Å². The van der Waals surface area contributed by atoms with E-state index in [1.807, 2.05) is 19.2 Å². The van der Waals surface area contributed by atoms with E-state index in [0.717, 1.165) is 10.2 Å². The summed E-state index contributed by atoms with van der Waals surface area (Å²) in [6.07, 6.45) is 0. The van der Waals surface area contributed by atoms with Gasteiger partial charge in [0.15, 0.2) is 4.80 Å². The summed E-state index contributed by atoms with van der Waals surface area (Å²) in [5.41, 5.74) is 1.10. The predicted octanol–water partition coefficient (Wildman–Crippen LogP) is 4.30. The molecule has 3 rings (SSSR count). The summed E-state index contributed by atoms with van der Waals surface area (Å²) in [6.45, 7) is 0. The number of nitrogens with zero attached hydrogens (tertiary/aromatic N) is 2. The third-order valence-corrected chi connectivity index (χ3v) is 5.37. The van der Waals surface area contributed by atoms with Crippen LogP contribution in [0, 0.1) is 0 Å². The normalized spacial score (nSPS) is 11.8. The number of methoxy groups -OCH3 is 2. The Morgan fingerprint density at radius 2 is 1.80 bits per heavy atom. The van der Waals surface area contributed by atoms with Gasteiger partial charge in [0.25, 0.3) is 5.91 Å². The van der Waals surface area contributed by atoms with Crippen LogP contribution in [-0.2, 0) is 7.05 Å². The maximum absolute atomic E-state index is 12.5. The molecule has 5 nitrogen and oxygen atoms in total. The molecule has 1 aromatic heterocycles. The number of carbonyl (C=O) groups is 1. The van der Waals surface area contributed by atoms with E-state index in [1.165, 1.54) is 17.4 Å². The number of halogens is 2. The van der Waals surface area contributed by atoms with Crippen LogP contribution in [0.3, 0.4) is 0 Å². The molecule has 1 heterocycles. The molecule has 130 valence electrons. The van der Waals surface area contributed by atoms with Crippen molar-refractivity contribution in [2.75, 3.05) is 14.2 Å². The summed E-state index contributed by atoms with van der Waals surface area (Å²) in [4.78, 5) is 17.2. The molecule has 0 unspecified atom stereocenters. The fraction of sp³-hybridized carbons (Fsp3) is 0.176. The molecule has 0 saturated carbocycles. The van der Waals surface area contributed by atoms with Crippen molar-refractivity contribution in [3.05, 3.63) is 50.7 Å². The number of aromatic nitrogens is 1. The molecule has 0 spiro atoms. The van der Waals surface area contributed by atoms with Crippen LogP contribution in [0.4, 0.5) is 0 Å². The van der Waals surface area contributed by atoms with Gasteiger partial charge in [0.05, 0.1) is 24.8 Å². The second-order valence-electron chi connectivity index (χ2n) is 5.13. The minimum atomic E-state index is -0.443. The first-order valence-corrected chi connectivity index (χ1v) is 8.78. The Bertz CT molecular complexity index is 1040. The summed E-state index contributed by atoms with van der Waals surface area (Å²) < 4.78 is 13.4. The average Bonchev–Trinajstić information content (AvgIpc) is 2.91. The topological polar surface area (TPSA) is 52.8 Å². The smallest absolute Gasteiger partial charge is 0.281 e. The Morgan fingerprint density at radius 1 is 1.12 bits per heavy atom. The minimum Gasteiger partial charge on any atom is -0.495 e. The maximum atomic E-state index is 12.5. The first kappa shape index (κ1) is 17.8. The van der Waals surface area contributed by atoms with Gasteiger partial charge >= 0.3 is 0 Å². The monoisotopic (exact) mass is 396 g/mol. The highest BCUT2D eigenvalue weighted by atomic mass is 35.5. The number of amides is 1. The van der Waals surface area contributed by atoms with Crippen molar-refractivity contribution >= 4 is 50.7 Å². The van der Waals surface area contributed by atoms with E-state index >= 15 is 0 Å². The second kappa shape index (κ2) is 7.07. The maximum Gasteiger partial charge on any atom is 0.281 e. The zero-order valence-electron chi connectivity index (χ0n) is 13.7. The molecule has 0 bridgehead atoms. The van der Waals surface area contributed by atoms with Crippen molar-refractivity contribution in [1.82, 2.24) is 4.57 Å². The van der Waals surface area contributed by atoms with E-state index in [1.54, 1.807) is 30.9 Å². The van der Waals surface area contributed by atoms with Crippen molar-refractivity contribution in [3.63, 3.8) is 0 Å². The van der Waals surface area contributed by atoms with Crippen molar-refractivity contribution in [1.29, 1.82) is 0 Å². The summed E-state index contributed by atoms with van der Waals surface area (Å²) >= 11 is 13.3. The highest BCUT2D eigenvalue weighted by Gasteiger charge is 2.15.